The molecule has 1 aliphatic rings. The summed E-state index contributed by atoms with van der Waals surface area (Å²) in [7, 11) is 1.43. The van der Waals surface area contributed by atoms with Gasteiger partial charge in [-0.05, 0) is 19.3 Å². The lowest BCUT2D eigenvalue weighted by Gasteiger charge is -2.24. The maximum atomic E-state index is 11.0. The standard InChI is InChI=1S/C8H15NO2/c1-11-8(10)6-3-2-4-7(9)5-6/h6-7H,2-5,9H2,1H3/t6?,7-/m0/s1. The van der Waals surface area contributed by atoms with Crippen LogP contribution in [0.15, 0.2) is 0 Å². The summed E-state index contributed by atoms with van der Waals surface area (Å²) >= 11 is 0. The quantitative estimate of drug-likeness (QED) is 0.569. The Morgan fingerprint density at radius 3 is 2.82 bits per heavy atom. The van der Waals surface area contributed by atoms with Gasteiger partial charge in [0.05, 0.1) is 13.0 Å². The number of hydrogen-bond donors (Lipinski definition) is 1. The third-order valence-electron chi connectivity index (χ3n) is 2.25. The van der Waals surface area contributed by atoms with E-state index in [4.69, 9.17) is 5.73 Å². The van der Waals surface area contributed by atoms with E-state index in [-0.39, 0.29) is 17.9 Å². The van der Waals surface area contributed by atoms with Crippen LogP contribution in [-0.2, 0) is 9.53 Å². The lowest BCUT2D eigenvalue weighted by Crippen LogP contribution is -2.32. The van der Waals surface area contributed by atoms with Gasteiger partial charge in [-0.1, -0.05) is 6.42 Å². The molecule has 0 amide bonds. The molecule has 0 heterocycles. The number of carbonyl (C=O) groups excluding carboxylic acids is 1. The first kappa shape index (κ1) is 8.53. The topological polar surface area (TPSA) is 52.3 Å². The molecule has 1 rings (SSSR count). The maximum absolute atomic E-state index is 11.0. The van der Waals surface area contributed by atoms with Crippen molar-refractivity contribution in [3.05, 3.63) is 0 Å². The van der Waals surface area contributed by atoms with Crippen molar-refractivity contribution >= 4 is 5.97 Å². The Morgan fingerprint density at radius 1 is 1.55 bits per heavy atom. The summed E-state index contributed by atoms with van der Waals surface area (Å²) in [5, 5.41) is 0. The van der Waals surface area contributed by atoms with E-state index in [1.165, 1.54) is 7.11 Å². The Kier molecular flexibility index (Phi) is 2.88. The van der Waals surface area contributed by atoms with Gasteiger partial charge < -0.3 is 10.5 Å². The molecule has 1 saturated carbocycles. The van der Waals surface area contributed by atoms with Gasteiger partial charge in [0.25, 0.3) is 0 Å². The largest absolute Gasteiger partial charge is 0.469 e. The highest BCUT2D eigenvalue weighted by Gasteiger charge is 2.25. The molecule has 1 fully saturated rings. The Bertz CT molecular complexity index is 147. The Morgan fingerprint density at radius 2 is 2.27 bits per heavy atom. The molecular weight excluding hydrogens is 142 g/mol. The molecule has 0 saturated heterocycles. The number of ether oxygens (including phenoxy) is 1. The highest BCUT2D eigenvalue weighted by Crippen LogP contribution is 2.23. The second kappa shape index (κ2) is 3.72. The first-order valence-electron chi connectivity index (χ1n) is 4.07. The molecule has 1 aliphatic carbocycles. The van der Waals surface area contributed by atoms with Gasteiger partial charge in [-0.25, -0.2) is 0 Å². The first-order chi connectivity index (χ1) is 5.24. The Balaban J connectivity index is 2.39. The molecule has 64 valence electrons. The summed E-state index contributed by atoms with van der Waals surface area (Å²) in [6.45, 7) is 0. The number of hydrogen-bond acceptors (Lipinski definition) is 3. The molecule has 0 radical (unpaired) electrons. The molecule has 2 N–H and O–H groups in total. The molecule has 3 nitrogen and oxygen atoms in total. The highest BCUT2D eigenvalue weighted by molar-refractivity contribution is 5.72. The number of nitrogens with two attached hydrogens (primary N) is 1. The summed E-state index contributed by atoms with van der Waals surface area (Å²) < 4.78 is 4.64. The van der Waals surface area contributed by atoms with Gasteiger partial charge in [-0.2, -0.15) is 0 Å². The van der Waals surface area contributed by atoms with Gasteiger partial charge in [0, 0.05) is 6.04 Å². The zero-order valence-electron chi connectivity index (χ0n) is 6.88. The van der Waals surface area contributed by atoms with E-state index in [9.17, 15) is 4.79 Å². The lowest BCUT2D eigenvalue weighted by molar-refractivity contribution is -0.146. The van der Waals surface area contributed by atoms with Gasteiger partial charge in [-0.15, -0.1) is 0 Å². The van der Waals surface area contributed by atoms with Crippen LogP contribution in [0.4, 0.5) is 0 Å². The van der Waals surface area contributed by atoms with Crippen molar-refractivity contribution in [1.29, 1.82) is 0 Å². The van der Waals surface area contributed by atoms with Crippen LogP contribution in [0.2, 0.25) is 0 Å². The van der Waals surface area contributed by atoms with E-state index in [1.807, 2.05) is 0 Å². The summed E-state index contributed by atoms with van der Waals surface area (Å²) in [5.74, 6) is -0.0381. The molecule has 0 bridgehead atoms. The van der Waals surface area contributed by atoms with E-state index in [2.05, 4.69) is 4.74 Å². The average molecular weight is 157 g/mol. The van der Waals surface area contributed by atoms with Crippen LogP contribution in [0.3, 0.4) is 0 Å². The van der Waals surface area contributed by atoms with Gasteiger partial charge in [-0.3, -0.25) is 4.79 Å². The van der Waals surface area contributed by atoms with E-state index in [0.29, 0.717) is 0 Å². The fourth-order valence-electron chi connectivity index (χ4n) is 1.61. The predicted molar refractivity (Wildman–Crippen MR) is 41.9 cm³/mol. The molecule has 0 aromatic carbocycles. The molecule has 0 aliphatic heterocycles. The van der Waals surface area contributed by atoms with Crippen LogP contribution >= 0.6 is 0 Å². The van der Waals surface area contributed by atoms with Crippen LogP contribution in [0.1, 0.15) is 25.7 Å². The van der Waals surface area contributed by atoms with Gasteiger partial charge >= 0.3 is 5.97 Å². The molecule has 2 atom stereocenters. The van der Waals surface area contributed by atoms with Crippen LogP contribution in [0.5, 0.6) is 0 Å². The normalized spacial score (nSPS) is 31.5. The Hall–Kier alpha value is -0.570. The van der Waals surface area contributed by atoms with Crippen molar-refractivity contribution in [2.75, 3.05) is 7.11 Å². The van der Waals surface area contributed by atoms with E-state index < -0.39 is 0 Å². The van der Waals surface area contributed by atoms with Crippen molar-refractivity contribution < 1.29 is 9.53 Å². The average Bonchev–Trinajstić information content (AvgIpc) is 2.03. The van der Waals surface area contributed by atoms with E-state index in [1.54, 1.807) is 0 Å². The number of methoxy groups -OCH3 is 1. The van der Waals surface area contributed by atoms with Crippen molar-refractivity contribution in [3.8, 4) is 0 Å². The SMILES string of the molecule is COC(=O)C1CCC[C@H](N)C1. The zero-order chi connectivity index (χ0) is 8.27. The first-order valence-corrected chi connectivity index (χ1v) is 4.07. The van der Waals surface area contributed by atoms with Gasteiger partial charge in [0.15, 0.2) is 0 Å². The molecular formula is C8H15NO2. The van der Waals surface area contributed by atoms with E-state index in [0.717, 1.165) is 25.7 Å². The monoisotopic (exact) mass is 157 g/mol. The Labute approximate surface area is 66.9 Å². The second-order valence-electron chi connectivity index (χ2n) is 3.15. The maximum Gasteiger partial charge on any atom is 0.308 e. The number of esters is 1. The molecule has 11 heavy (non-hydrogen) atoms. The van der Waals surface area contributed by atoms with Crippen molar-refractivity contribution in [1.82, 2.24) is 0 Å². The van der Waals surface area contributed by atoms with Crippen molar-refractivity contribution in [2.24, 2.45) is 11.7 Å². The summed E-state index contributed by atoms with van der Waals surface area (Å²) in [5.41, 5.74) is 5.71. The highest BCUT2D eigenvalue weighted by atomic mass is 16.5. The zero-order valence-corrected chi connectivity index (χ0v) is 6.88. The number of rotatable bonds is 1. The molecule has 0 spiro atoms. The predicted octanol–water partition coefficient (Wildman–Crippen LogP) is 0.677. The molecule has 1 unspecified atom stereocenters. The van der Waals surface area contributed by atoms with Crippen LogP contribution < -0.4 is 5.73 Å². The minimum atomic E-state index is -0.0971. The number of carbonyl (C=O) groups is 1. The molecule has 3 heteroatoms. The summed E-state index contributed by atoms with van der Waals surface area (Å²) in [6.07, 6.45) is 3.85. The fraction of sp³-hybridized carbons (Fsp3) is 0.875. The minimum absolute atomic E-state index is 0.0590. The van der Waals surface area contributed by atoms with Gasteiger partial charge in [0.1, 0.15) is 0 Å². The smallest absolute Gasteiger partial charge is 0.308 e. The van der Waals surface area contributed by atoms with Gasteiger partial charge in [0.2, 0.25) is 0 Å². The minimum Gasteiger partial charge on any atom is -0.469 e. The lowest BCUT2D eigenvalue weighted by atomic mass is 9.86. The van der Waals surface area contributed by atoms with E-state index >= 15 is 0 Å². The molecule has 0 aromatic rings. The van der Waals surface area contributed by atoms with Crippen molar-refractivity contribution in [2.45, 2.75) is 31.7 Å². The van der Waals surface area contributed by atoms with Crippen LogP contribution in [0, 0.1) is 5.92 Å². The van der Waals surface area contributed by atoms with Crippen molar-refractivity contribution in [3.63, 3.8) is 0 Å². The third-order valence-corrected chi connectivity index (χ3v) is 2.25. The van der Waals surface area contributed by atoms with Crippen LogP contribution in [0.25, 0.3) is 0 Å². The summed E-state index contributed by atoms with van der Waals surface area (Å²) in [6, 6.07) is 0.202. The second-order valence-corrected chi connectivity index (χ2v) is 3.15. The van der Waals surface area contributed by atoms with Crippen LogP contribution in [-0.4, -0.2) is 19.1 Å². The third kappa shape index (κ3) is 2.19. The fourth-order valence-corrected chi connectivity index (χ4v) is 1.61. The summed E-state index contributed by atoms with van der Waals surface area (Å²) in [4.78, 5) is 11.0. The molecule has 0 aromatic heterocycles.